The van der Waals surface area contributed by atoms with Crippen molar-refractivity contribution in [3.8, 4) is 22.6 Å². The second-order valence-electron chi connectivity index (χ2n) is 6.02. The van der Waals surface area contributed by atoms with Gasteiger partial charge in [0.05, 0.1) is 0 Å². The Labute approximate surface area is 155 Å². The van der Waals surface area contributed by atoms with Crippen molar-refractivity contribution in [2.45, 2.75) is 0 Å². The van der Waals surface area contributed by atoms with Gasteiger partial charge in [-0.1, -0.05) is 72.8 Å². The molecule has 3 aromatic carbocycles. The predicted molar refractivity (Wildman–Crippen MR) is 105 cm³/mol. The average molecular weight is 357 g/mol. The van der Waals surface area contributed by atoms with E-state index in [0.717, 1.165) is 11.1 Å². The van der Waals surface area contributed by atoms with Gasteiger partial charge < -0.3 is 4.42 Å². The summed E-state index contributed by atoms with van der Waals surface area (Å²) < 4.78 is 20.4. The SMILES string of the molecule is O=c1oc(-c2ccccc2)c(-c2ccccc2)n1/C=C/c1cccc(F)c1. The molecular formula is C23H16FNO2. The number of hydrogen-bond acceptors (Lipinski definition) is 2. The molecule has 0 unspecified atom stereocenters. The van der Waals surface area contributed by atoms with E-state index in [2.05, 4.69) is 0 Å². The maximum atomic E-state index is 13.4. The molecule has 0 N–H and O–H groups in total. The van der Waals surface area contributed by atoms with Gasteiger partial charge in [-0.15, -0.1) is 0 Å². The summed E-state index contributed by atoms with van der Waals surface area (Å²) in [5.74, 6) is -0.332. The molecule has 0 saturated carbocycles. The fourth-order valence-electron chi connectivity index (χ4n) is 2.94. The summed E-state index contributed by atoms with van der Waals surface area (Å²) in [6.45, 7) is 0. The van der Waals surface area contributed by atoms with Crippen LogP contribution in [0.4, 0.5) is 4.39 Å². The fraction of sp³-hybridized carbons (Fsp3) is 0. The lowest BCUT2D eigenvalue weighted by atomic mass is 10.1. The number of aromatic nitrogens is 1. The zero-order chi connectivity index (χ0) is 18.6. The van der Waals surface area contributed by atoms with Crippen LogP contribution in [-0.2, 0) is 0 Å². The Morgan fingerprint density at radius 2 is 1.48 bits per heavy atom. The molecule has 0 amide bonds. The molecule has 0 aliphatic carbocycles. The summed E-state index contributed by atoms with van der Waals surface area (Å²) >= 11 is 0. The first-order chi connectivity index (χ1) is 13.2. The minimum atomic E-state index is -0.500. The van der Waals surface area contributed by atoms with E-state index < -0.39 is 5.76 Å². The molecule has 1 aromatic heterocycles. The van der Waals surface area contributed by atoms with Gasteiger partial charge in [0, 0.05) is 17.3 Å². The Kier molecular flexibility index (Phi) is 4.54. The fourth-order valence-corrected chi connectivity index (χ4v) is 2.94. The Morgan fingerprint density at radius 3 is 2.15 bits per heavy atom. The van der Waals surface area contributed by atoms with Gasteiger partial charge in [-0.2, -0.15) is 0 Å². The van der Waals surface area contributed by atoms with Crippen molar-refractivity contribution >= 4 is 12.3 Å². The van der Waals surface area contributed by atoms with Gasteiger partial charge in [-0.3, -0.25) is 0 Å². The predicted octanol–water partition coefficient (Wildman–Crippen LogP) is 5.54. The number of halogens is 1. The number of nitrogens with zero attached hydrogens (tertiary/aromatic N) is 1. The summed E-state index contributed by atoms with van der Waals surface area (Å²) in [6.07, 6.45) is 3.29. The molecule has 3 nitrogen and oxygen atoms in total. The highest BCUT2D eigenvalue weighted by Crippen LogP contribution is 2.31. The van der Waals surface area contributed by atoms with E-state index in [9.17, 15) is 9.18 Å². The summed E-state index contributed by atoms with van der Waals surface area (Å²) in [5, 5.41) is 0. The largest absolute Gasteiger partial charge is 0.424 e. The van der Waals surface area contributed by atoms with Crippen LogP contribution in [0.25, 0.3) is 34.9 Å². The zero-order valence-electron chi connectivity index (χ0n) is 14.4. The molecule has 4 heteroatoms. The summed E-state index contributed by atoms with van der Waals surface area (Å²) in [7, 11) is 0. The van der Waals surface area contributed by atoms with E-state index in [-0.39, 0.29) is 5.82 Å². The molecule has 0 aliphatic heterocycles. The first-order valence-electron chi connectivity index (χ1n) is 8.52. The molecule has 0 bridgehead atoms. The van der Waals surface area contributed by atoms with E-state index in [0.29, 0.717) is 17.0 Å². The molecule has 0 saturated heterocycles. The second-order valence-corrected chi connectivity index (χ2v) is 6.02. The minimum absolute atomic E-state index is 0.329. The van der Waals surface area contributed by atoms with Crippen molar-refractivity contribution in [3.05, 3.63) is 107 Å². The second kappa shape index (κ2) is 7.30. The minimum Gasteiger partial charge on any atom is -0.407 e. The number of rotatable bonds is 4. The van der Waals surface area contributed by atoms with Crippen LogP contribution in [0.15, 0.2) is 94.1 Å². The first-order valence-corrected chi connectivity index (χ1v) is 8.52. The lowest BCUT2D eigenvalue weighted by Crippen LogP contribution is -2.09. The molecule has 0 atom stereocenters. The monoisotopic (exact) mass is 357 g/mol. The average Bonchev–Trinajstić information content (AvgIpc) is 3.04. The van der Waals surface area contributed by atoms with Gasteiger partial charge in [-0.25, -0.2) is 13.8 Å². The Balaban J connectivity index is 1.89. The van der Waals surface area contributed by atoms with Crippen LogP contribution in [0.2, 0.25) is 0 Å². The zero-order valence-corrected chi connectivity index (χ0v) is 14.4. The number of hydrogen-bond donors (Lipinski definition) is 0. The molecule has 0 radical (unpaired) electrons. The van der Waals surface area contributed by atoms with Gasteiger partial charge >= 0.3 is 5.76 Å². The van der Waals surface area contributed by atoms with Gasteiger partial charge in [0.1, 0.15) is 11.5 Å². The highest BCUT2D eigenvalue weighted by atomic mass is 19.1. The quantitative estimate of drug-likeness (QED) is 0.480. The van der Waals surface area contributed by atoms with Crippen molar-refractivity contribution in [1.82, 2.24) is 4.57 Å². The van der Waals surface area contributed by atoms with Crippen molar-refractivity contribution in [2.24, 2.45) is 0 Å². The van der Waals surface area contributed by atoms with Crippen LogP contribution in [0.5, 0.6) is 0 Å². The van der Waals surface area contributed by atoms with Crippen molar-refractivity contribution < 1.29 is 8.81 Å². The van der Waals surface area contributed by atoms with Crippen LogP contribution in [0.1, 0.15) is 5.56 Å². The van der Waals surface area contributed by atoms with Crippen LogP contribution < -0.4 is 5.76 Å². The van der Waals surface area contributed by atoms with E-state index in [1.807, 2.05) is 60.7 Å². The summed E-state index contributed by atoms with van der Waals surface area (Å²) in [6, 6.07) is 25.2. The van der Waals surface area contributed by atoms with Gasteiger partial charge in [0.15, 0.2) is 5.76 Å². The maximum absolute atomic E-state index is 13.4. The van der Waals surface area contributed by atoms with Crippen LogP contribution in [0.3, 0.4) is 0 Å². The number of benzene rings is 3. The Morgan fingerprint density at radius 1 is 0.815 bits per heavy atom. The smallest absolute Gasteiger partial charge is 0.407 e. The molecule has 0 fully saturated rings. The van der Waals surface area contributed by atoms with Gasteiger partial charge in [0.2, 0.25) is 0 Å². The highest BCUT2D eigenvalue weighted by molar-refractivity contribution is 5.79. The normalized spacial score (nSPS) is 11.1. The molecule has 0 aliphatic rings. The van der Waals surface area contributed by atoms with Crippen LogP contribution in [-0.4, -0.2) is 4.57 Å². The van der Waals surface area contributed by atoms with Gasteiger partial charge in [-0.05, 0) is 23.8 Å². The lowest BCUT2D eigenvalue weighted by molar-refractivity contribution is 0.519. The van der Waals surface area contributed by atoms with Gasteiger partial charge in [0.25, 0.3) is 0 Å². The third-order valence-corrected chi connectivity index (χ3v) is 4.19. The summed E-state index contributed by atoms with van der Waals surface area (Å²) in [5.41, 5.74) is 2.97. The highest BCUT2D eigenvalue weighted by Gasteiger charge is 2.18. The Bertz CT molecular complexity index is 1140. The van der Waals surface area contributed by atoms with E-state index in [1.54, 1.807) is 24.4 Å². The van der Waals surface area contributed by atoms with E-state index >= 15 is 0 Å². The molecule has 1 heterocycles. The molecule has 4 aromatic rings. The molecule has 132 valence electrons. The maximum Gasteiger partial charge on any atom is 0.424 e. The van der Waals surface area contributed by atoms with E-state index in [1.165, 1.54) is 16.7 Å². The summed E-state index contributed by atoms with van der Waals surface area (Å²) in [4.78, 5) is 12.6. The first kappa shape index (κ1) is 16.8. The Hall–Kier alpha value is -3.66. The molecule has 0 spiro atoms. The van der Waals surface area contributed by atoms with Crippen molar-refractivity contribution in [1.29, 1.82) is 0 Å². The topological polar surface area (TPSA) is 35.1 Å². The lowest BCUT2D eigenvalue weighted by Gasteiger charge is -2.05. The third-order valence-electron chi connectivity index (χ3n) is 4.19. The standard InChI is InChI=1S/C23H16FNO2/c24-20-13-7-8-17(16-20)14-15-25-21(18-9-3-1-4-10-18)22(27-23(25)26)19-11-5-2-6-12-19/h1-16H/b15-14+. The van der Waals surface area contributed by atoms with Crippen LogP contribution in [0, 0.1) is 5.82 Å². The van der Waals surface area contributed by atoms with Crippen molar-refractivity contribution in [3.63, 3.8) is 0 Å². The van der Waals surface area contributed by atoms with Crippen LogP contribution >= 0.6 is 0 Å². The molecule has 27 heavy (non-hydrogen) atoms. The third kappa shape index (κ3) is 3.51. The molecule has 4 rings (SSSR count). The number of oxazole rings is 1. The van der Waals surface area contributed by atoms with Crippen molar-refractivity contribution in [2.75, 3.05) is 0 Å². The molecular weight excluding hydrogens is 341 g/mol. The van der Waals surface area contributed by atoms with E-state index in [4.69, 9.17) is 4.42 Å².